The van der Waals surface area contributed by atoms with Gasteiger partial charge in [-0.05, 0) is 38.3 Å². The lowest BCUT2D eigenvalue weighted by Gasteiger charge is -2.24. The number of aromatic nitrogens is 2. The quantitative estimate of drug-likeness (QED) is 0.865. The zero-order chi connectivity index (χ0) is 19.2. The van der Waals surface area contributed by atoms with Crippen LogP contribution in [0, 0.1) is 6.92 Å². The van der Waals surface area contributed by atoms with E-state index in [-0.39, 0.29) is 36.0 Å². The molecule has 27 heavy (non-hydrogen) atoms. The Kier molecular flexibility index (Phi) is 4.46. The number of fused-ring (bicyclic) bond motifs is 1. The third-order valence-corrected chi connectivity index (χ3v) is 7.09. The molecule has 0 bridgehead atoms. The second-order valence-corrected chi connectivity index (χ2v) is 9.76. The molecule has 2 unspecified atom stereocenters. The van der Waals surface area contributed by atoms with E-state index in [9.17, 15) is 13.2 Å². The minimum absolute atomic E-state index is 0.0769. The molecule has 1 amide bonds. The topological polar surface area (TPSA) is 84.3 Å². The molecule has 0 spiro atoms. The SMILES string of the molecule is Cc1cc(NC(=O)CN2c3ccccc3CC2C)n(C2CCS(=O)(=O)C2)n1. The fraction of sp³-hybridized carbons (Fsp3) is 0.474. The summed E-state index contributed by atoms with van der Waals surface area (Å²) in [6.45, 7) is 4.21. The molecular formula is C19H24N4O3S. The van der Waals surface area contributed by atoms with Gasteiger partial charge in [-0.2, -0.15) is 5.10 Å². The van der Waals surface area contributed by atoms with E-state index < -0.39 is 9.84 Å². The van der Waals surface area contributed by atoms with E-state index in [1.807, 2.05) is 25.1 Å². The van der Waals surface area contributed by atoms with Gasteiger partial charge < -0.3 is 10.2 Å². The predicted molar refractivity (Wildman–Crippen MR) is 105 cm³/mol. The Balaban J connectivity index is 1.50. The van der Waals surface area contributed by atoms with Crippen LogP contribution < -0.4 is 10.2 Å². The summed E-state index contributed by atoms with van der Waals surface area (Å²) in [5.74, 6) is 0.694. The van der Waals surface area contributed by atoms with Crippen molar-refractivity contribution in [2.24, 2.45) is 0 Å². The molecule has 3 heterocycles. The van der Waals surface area contributed by atoms with Crippen LogP contribution in [0.3, 0.4) is 0 Å². The Morgan fingerprint density at radius 2 is 2.11 bits per heavy atom. The van der Waals surface area contributed by atoms with Crippen LogP contribution in [0.5, 0.6) is 0 Å². The summed E-state index contributed by atoms with van der Waals surface area (Å²) < 4.78 is 25.3. The highest BCUT2D eigenvalue weighted by molar-refractivity contribution is 7.91. The van der Waals surface area contributed by atoms with Gasteiger partial charge in [0.2, 0.25) is 5.91 Å². The fourth-order valence-electron chi connectivity index (χ4n) is 4.06. The molecule has 1 aromatic carbocycles. The first-order valence-corrected chi connectivity index (χ1v) is 11.1. The number of sulfone groups is 1. The van der Waals surface area contributed by atoms with Gasteiger partial charge in [0.05, 0.1) is 29.8 Å². The average molecular weight is 388 g/mol. The molecule has 2 atom stereocenters. The first kappa shape index (κ1) is 18.0. The molecule has 7 nitrogen and oxygen atoms in total. The molecule has 4 rings (SSSR count). The van der Waals surface area contributed by atoms with Crippen molar-refractivity contribution in [2.75, 3.05) is 28.3 Å². The van der Waals surface area contributed by atoms with Crippen molar-refractivity contribution >= 4 is 27.2 Å². The number of para-hydroxylation sites is 1. The molecule has 1 saturated heterocycles. The molecule has 2 aromatic rings. The first-order chi connectivity index (χ1) is 12.8. The Morgan fingerprint density at radius 1 is 1.33 bits per heavy atom. The van der Waals surface area contributed by atoms with Gasteiger partial charge in [0.1, 0.15) is 5.82 Å². The highest BCUT2D eigenvalue weighted by Crippen LogP contribution is 2.32. The molecule has 2 aliphatic heterocycles. The van der Waals surface area contributed by atoms with E-state index in [1.54, 1.807) is 10.7 Å². The maximum atomic E-state index is 12.7. The van der Waals surface area contributed by atoms with Gasteiger partial charge >= 0.3 is 0 Å². The number of hydrogen-bond donors (Lipinski definition) is 1. The summed E-state index contributed by atoms with van der Waals surface area (Å²) in [7, 11) is -3.02. The molecule has 1 N–H and O–H groups in total. The summed E-state index contributed by atoms with van der Waals surface area (Å²) in [6, 6.07) is 9.99. The van der Waals surface area contributed by atoms with Crippen LogP contribution >= 0.6 is 0 Å². The smallest absolute Gasteiger partial charge is 0.245 e. The molecule has 144 valence electrons. The van der Waals surface area contributed by atoms with Gasteiger partial charge in [-0.3, -0.25) is 4.79 Å². The maximum Gasteiger partial charge on any atom is 0.245 e. The summed E-state index contributed by atoms with van der Waals surface area (Å²) >= 11 is 0. The van der Waals surface area contributed by atoms with Crippen LogP contribution in [-0.2, 0) is 21.1 Å². The van der Waals surface area contributed by atoms with Crippen molar-refractivity contribution in [3.05, 3.63) is 41.6 Å². The third-order valence-electron chi connectivity index (χ3n) is 5.34. The lowest BCUT2D eigenvalue weighted by atomic mass is 10.1. The predicted octanol–water partition coefficient (Wildman–Crippen LogP) is 1.94. The van der Waals surface area contributed by atoms with Gasteiger partial charge in [-0.25, -0.2) is 13.1 Å². The lowest BCUT2D eigenvalue weighted by molar-refractivity contribution is -0.115. The summed E-state index contributed by atoms with van der Waals surface area (Å²) in [6.07, 6.45) is 1.46. The van der Waals surface area contributed by atoms with Gasteiger partial charge in [-0.15, -0.1) is 0 Å². The Bertz CT molecular complexity index is 983. The van der Waals surface area contributed by atoms with Crippen LogP contribution in [0.15, 0.2) is 30.3 Å². The van der Waals surface area contributed by atoms with Crippen molar-refractivity contribution in [1.29, 1.82) is 0 Å². The van der Waals surface area contributed by atoms with Gasteiger partial charge in [0, 0.05) is 17.8 Å². The van der Waals surface area contributed by atoms with Crippen LogP contribution in [-0.4, -0.2) is 48.2 Å². The molecule has 0 aliphatic carbocycles. The zero-order valence-corrected chi connectivity index (χ0v) is 16.4. The number of rotatable bonds is 4. The van der Waals surface area contributed by atoms with E-state index >= 15 is 0 Å². The molecule has 0 radical (unpaired) electrons. The van der Waals surface area contributed by atoms with Crippen LogP contribution in [0.2, 0.25) is 0 Å². The van der Waals surface area contributed by atoms with Gasteiger partial charge in [-0.1, -0.05) is 18.2 Å². The number of amides is 1. The zero-order valence-electron chi connectivity index (χ0n) is 15.6. The van der Waals surface area contributed by atoms with Crippen LogP contribution in [0.1, 0.15) is 30.6 Å². The summed E-state index contributed by atoms with van der Waals surface area (Å²) in [4.78, 5) is 14.8. The number of carbonyl (C=O) groups excluding carboxylic acids is 1. The Morgan fingerprint density at radius 3 is 2.85 bits per heavy atom. The maximum absolute atomic E-state index is 12.7. The Hall–Kier alpha value is -2.35. The number of anilines is 2. The minimum atomic E-state index is -3.02. The Labute approximate surface area is 159 Å². The van der Waals surface area contributed by atoms with E-state index in [0.717, 1.165) is 17.8 Å². The normalized spacial score (nSPS) is 23.4. The second kappa shape index (κ2) is 6.67. The van der Waals surface area contributed by atoms with E-state index in [2.05, 4.69) is 28.3 Å². The summed E-state index contributed by atoms with van der Waals surface area (Å²) in [5, 5.41) is 7.36. The lowest BCUT2D eigenvalue weighted by Crippen LogP contribution is -2.37. The highest BCUT2D eigenvalue weighted by atomic mass is 32.2. The standard InChI is InChI=1S/C19H24N4O3S/c1-13-9-18(23(21-13)16-7-8-27(25,26)12-16)20-19(24)11-22-14(2)10-15-5-3-4-6-17(15)22/h3-6,9,14,16H,7-8,10-12H2,1-2H3,(H,20,24). The first-order valence-electron chi connectivity index (χ1n) is 9.23. The average Bonchev–Trinajstić information content (AvgIpc) is 3.24. The molecule has 8 heteroatoms. The fourth-order valence-corrected chi connectivity index (χ4v) is 5.76. The minimum Gasteiger partial charge on any atom is -0.359 e. The van der Waals surface area contributed by atoms with Crippen molar-refractivity contribution < 1.29 is 13.2 Å². The van der Waals surface area contributed by atoms with E-state index in [1.165, 1.54) is 5.56 Å². The van der Waals surface area contributed by atoms with Gasteiger partial charge in [0.25, 0.3) is 0 Å². The molecule has 1 aromatic heterocycles. The van der Waals surface area contributed by atoms with E-state index in [0.29, 0.717) is 12.2 Å². The third kappa shape index (κ3) is 3.58. The number of nitrogens with one attached hydrogen (secondary N) is 1. The number of nitrogens with zero attached hydrogens (tertiary/aromatic N) is 3. The molecule has 2 aliphatic rings. The monoisotopic (exact) mass is 388 g/mol. The van der Waals surface area contributed by atoms with Crippen LogP contribution in [0.4, 0.5) is 11.5 Å². The number of hydrogen-bond acceptors (Lipinski definition) is 5. The van der Waals surface area contributed by atoms with Crippen molar-refractivity contribution in [1.82, 2.24) is 9.78 Å². The molecular weight excluding hydrogens is 364 g/mol. The van der Waals surface area contributed by atoms with Crippen molar-refractivity contribution in [3.63, 3.8) is 0 Å². The number of aryl methyl sites for hydroxylation is 1. The largest absolute Gasteiger partial charge is 0.359 e. The van der Waals surface area contributed by atoms with Crippen LogP contribution in [0.25, 0.3) is 0 Å². The van der Waals surface area contributed by atoms with Gasteiger partial charge in [0.15, 0.2) is 9.84 Å². The molecule has 1 fully saturated rings. The van der Waals surface area contributed by atoms with Crippen molar-refractivity contribution in [2.45, 2.75) is 38.8 Å². The number of carbonyl (C=O) groups is 1. The highest BCUT2D eigenvalue weighted by Gasteiger charge is 2.32. The van der Waals surface area contributed by atoms with Crippen molar-refractivity contribution in [3.8, 4) is 0 Å². The second-order valence-electron chi connectivity index (χ2n) is 7.53. The summed E-state index contributed by atoms with van der Waals surface area (Å²) in [5.41, 5.74) is 3.12. The molecule has 0 saturated carbocycles. The van der Waals surface area contributed by atoms with E-state index in [4.69, 9.17) is 0 Å². The number of benzene rings is 1.